The maximum atomic E-state index is 13.4. The molecule has 0 aliphatic heterocycles. The van der Waals surface area contributed by atoms with Gasteiger partial charge in [0, 0.05) is 12.7 Å². The van der Waals surface area contributed by atoms with Gasteiger partial charge in [-0.25, -0.2) is 4.39 Å². The highest BCUT2D eigenvalue weighted by Gasteiger charge is 2.34. The highest BCUT2D eigenvalue weighted by Crippen LogP contribution is 2.19. The fourth-order valence-electron chi connectivity index (χ4n) is 1.52. The Hall–Kier alpha value is -2.19. The Morgan fingerprint density at radius 1 is 1.38 bits per heavy atom. The predicted molar refractivity (Wildman–Crippen MR) is 62.8 cm³/mol. The van der Waals surface area contributed by atoms with Crippen LogP contribution in [-0.4, -0.2) is 48.1 Å². The van der Waals surface area contributed by atoms with Crippen LogP contribution in [0.4, 0.5) is 17.6 Å². The molecule has 0 spiro atoms. The topological polar surface area (TPSA) is 59.5 Å². The van der Waals surface area contributed by atoms with Gasteiger partial charge in [0.2, 0.25) is 0 Å². The van der Waals surface area contributed by atoms with E-state index in [1.807, 2.05) is 0 Å². The Kier molecular flexibility index (Phi) is 5.62. The molecule has 0 saturated carbocycles. The number of esters is 1. The smallest absolute Gasteiger partial charge is 0.406 e. The monoisotopic (exact) mass is 308 g/mol. The number of alkyl halides is 3. The van der Waals surface area contributed by atoms with E-state index in [9.17, 15) is 27.2 Å². The van der Waals surface area contributed by atoms with Crippen LogP contribution in [0.1, 0.15) is 16.8 Å². The molecule has 1 amide bonds. The molecule has 0 saturated heterocycles. The quantitative estimate of drug-likeness (QED) is 0.614. The molecular weight excluding hydrogens is 296 g/mol. The number of carbonyl (C=O) groups is 2. The number of hydrogen-bond donors (Lipinski definition) is 0. The van der Waals surface area contributed by atoms with Gasteiger partial charge in [0.15, 0.2) is 5.82 Å². The number of pyridine rings is 1. The van der Waals surface area contributed by atoms with E-state index in [1.54, 1.807) is 0 Å². The normalized spacial score (nSPS) is 11.1. The standard InChI is InChI=1S/C12H12F4N2O3/c1-21-10(19)3-5-18(7-12(14,15)16)11(20)8-2-4-17-6-9(8)13/h2,4,6H,3,5,7H2,1H3. The van der Waals surface area contributed by atoms with Gasteiger partial charge >= 0.3 is 12.1 Å². The van der Waals surface area contributed by atoms with E-state index in [4.69, 9.17) is 0 Å². The van der Waals surface area contributed by atoms with Crippen LogP contribution < -0.4 is 0 Å². The molecular formula is C12H12F4N2O3. The summed E-state index contributed by atoms with van der Waals surface area (Å²) < 4.78 is 55.1. The number of amides is 1. The van der Waals surface area contributed by atoms with Crippen LogP contribution in [0.5, 0.6) is 0 Å². The molecule has 1 aromatic rings. The lowest BCUT2D eigenvalue weighted by molar-refractivity contribution is -0.147. The van der Waals surface area contributed by atoms with E-state index in [2.05, 4.69) is 9.72 Å². The van der Waals surface area contributed by atoms with Crippen molar-refractivity contribution in [1.29, 1.82) is 0 Å². The van der Waals surface area contributed by atoms with Crippen molar-refractivity contribution in [1.82, 2.24) is 9.88 Å². The second-order valence-corrected chi connectivity index (χ2v) is 4.02. The molecule has 0 N–H and O–H groups in total. The first kappa shape index (κ1) is 16.9. The number of ether oxygens (including phenoxy) is 1. The minimum absolute atomic E-state index is 0.343. The fraction of sp³-hybridized carbons (Fsp3) is 0.417. The number of carbonyl (C=O) groups excluding carboxylic acids is 2. The SMILES string of the molecule is COC(=O)CCN(CC(F)(F)F)C(=O)c1ccncc1F. The molecule has 21 heavy (non-hydrogen) atoms. The summed E-state index contributed by atoms with van der Waals surface area (Å²) in [7, 11) is 1.07. The van der Waals surface area contributed by atoms with Gasteiger partial charge in [0.1, 0.15) is 6.54 Å². The number of nitrogens with zero attached hydrogens (tertiary/aromatic N) is 2. The molecule has 0 unspecified atom stereocenters. The average Bonchev–Trinajstić information content (AvgIpc) is 2.41. The molecule has 0 aliphatic carbocycles. The first-order valence-corrected chi connectivity index (χ1v) is 5.77. The lowest BCUT2D eigenvalue weighted by atomic mass is 10.2. The van der Waals surface area contributed by atoms with E-state index < -0.39 is 48.9 Å². The van der Waals surface area contributed by atoms with Crippen molar-refractivity contribution in [2.75, 3.05) is 20.2 Å². The van der Waals surface area contributed by atoms with Crippen molar-refractivity contribution in [2.24, 2.45) is 0 Å². The Morgan fingerprint density at radius 3 is 2.57 bits per heavy atom. The zero-order valence-corrected chi connectivity index (χ0v) is 11.0. The van der Waals surface area contributed by atoms with Gasteiger partial charge in [-0.15, -0.1) is 0 Å². The van der Waals surface area contributed by atoms with Gasteiger partial charge in [-0.1, -0.05) is 0 Å². The summed E-state index contributed by atoms with van der Waals surface area (Å²) in [4.78, 5) is 26.7. The van der Waals surface area contributed by atoms with Crippen LogP contribution in [-0.2, 0) is 9.53 Å². The lowest BCUT2D eigenvalue weighted by Crippen LogP contribution is -2.40. The maximum absolute atomic E-state index is 13.4. The molecule has 0 aromatic carbocycles. The Bertz CT molecular complexity index is 519. The van der Waals surface area contributed by atoms with Crippen molar-refractivity contribution in [3.8, 4) is 0 Å². The number of methoxy groups -OCH3 is 1. The summed E-state index contributed by atoms with van der Waals surface area (Å²) in [6.45, 7) is -2.13. The van der Waals surface area contributed by atoms with Crippen molar-refractivity contribution in [2.45, 2.75) is 12.6 Å². The summed E-state index contributed by atoms with van der Waals surface area (Å²) in [6, 6.07) is 0.971. The lowest BCUT2D eigenvalue weighted by Gasteiger charge is -2.23. The van der Waals surface area contributed by atoms with Gasteiger partial charge in [0.25, 0.3) is 5.91 Å². The van der Waals surface area contributed by atoms with Crippen molar-refractivity contribution in [3.63, 3.8) is 0 Å². The molecule has 9 heteroatoms. The summed E-state index contributed by atoms with van der Waals surface area (Å²) in [5.41, 5.74) is -0.542. The van der Waals surface area contributed by atoms with E-state index in [0.717, 1.165) is 25.6 Å². The molecule has 1 rings (SSSR count). The highest BCUT2D eigenvalue weighted by molar-refractivity contribution is 5.94. The summed E-state index contributed by atoms with van der Waals surface area (Å²) in [5, 5.41) is 0. The summed E-state index contributed by atoms with van der Waals surface area (Å²) in [5.74, 6) is -2.98. The van der Waals surface area contributed by atoms with E-state index >= 15 is 0 Å². The highest BCUT2D eigenvalue weighted by atomic mass is 19.4. The third-order valence-electron chi connectivity index (χ3n) is 2.47. The number of hydrogen-bond acceptors (Lipinski definition) is 4. The first-order valence-electron chi connectivity index (χ1n) is 5.77. The van der Waals surface area contributed by atoms with Crippen LogP contribution in [0.3, 0.4) is 0 Å². The number of halogens is 4. The van der Waals surface area contributed by atoms with Gasteiger partial charge < -0.3 is 9.64 Å². The molecule has 0 atom stereocenters. The van der Waals surface area contributed by atoms with Crippen molar-refractivity contribution < 1.29 is 31.9 Å². The minimum atomic E-state index is -4.67. The van der Waals surface area contributed by atoms with E-state index in [1.165, 1.54) is 0 Å². The van der Waals surface area contributed by atoms with Crippen LogP contribution in [0.2, 0.25) is 0 Å². The molecule has 1 aromatic heterocycles. The molecule has 0 fully saturated rings. The molecule has 1 heterocycles. The second kappa shape index (κ2) is 7.00. The Morgan fingerprint density at radius 2 is 2.05 bits per heavy atom. The molecule has 0 bridgehead atoms. The molecule has 5 nitrogen and oxygen atoms in total. The third kappa shape index (κ3) is 5.36. The molecule has 0 aliphatic rings. The second-order valence-electron chi connectivity index (χ2n) is 4.02. The fourth-order valence-corrected chi connectivity index (χ4v) is 1.52. The Labute approximate surface area is 117 Å². The minimum Gasteiger partial charge on any atom is -0.469 e. The van der Waals surface area contributed by atoms with Crippen molar-refractivity contribution in [3.05, 3.63) is 29.8 Å². The van der Waals surface area contributed by atoms with Gasteiger partial charge in [-0.2, -0.15) is 13.2 Å². The molecule has 116 valence electrons. The van der Waals surface area contributed by atoms with Crippen LogP contribution in [0, 0.1) is 5.82 Å². The number of rotatable bonds is 5. The van der Waals surface area contributed by atoms with Gasteiger partial charge in [0.05, 0.1) is 25.3 Å². The van der Waals surface area contributed by atoms with Crippen LogP contribution in [0.15, 0.2) is 18.5 Å². The average molecular weight is 308 g/mol. The van der Waals surface area contributed by atoms with E-state index in [-0.39, 0.29) is 0 Å². The van der Waals surface area contributed by atoms with Gasteiger partial charge in [-0.05, 0) is 6.07 Å². The summed E-state index contributed by atoms with van der Waals surface area (Å²) >= 11 is 0. The largest absolute Gasteiger partial charge is 0.469 e. The van der Waals surface area contributed by atoms with E-state index in [0.29, 0.717) is 4.90 Å². The zero-order valence-electron chi connectivity index (χ0n) is 11.0. The zero-order chi connectivity index (χ0) is 16.0. The first-order chi connectivity index (χ1) is 9.74. The van der Waals surface area contributed by atoms with Crippen LogP contribution >= 0.6 is 0 Å². The van der Waals surface area contributed by atoms with Gasteiger partial charge in [-0.3, -0.25) is 14.6 Å². The maximum Gasteiger partial charge on any atom is 0.406 e. The van der Waals surface area contributed by atoms with Crippen molar-refractivity contribution >= 4 is 11.9 Å². The Balaban J connectivity index is 2.92. The predicted octanol–water partition coefficient (Wildman–Crippen LogP) is 1.79. The number of aromatic nitrogens is 1. The summed E-state index contributed by atoms with van der Waals surface area (Å²) in [6.07, 6.45) is -3.29. The van der Waals surface area contributed by atoms with Crippen LogP contribution in [0.25, 0.3) is 0 Å². The molecule has 0 radical (unpaired) electrons. The third-order valence-corrected chi connectivity index (χ3v) is 2.47.